The first-order valence-corrected chi connectivity index (χ1v) is 9.67. The van der Waals surface area contributed by atoms with E-state index >= 15 is 0 Å². The van der Waals surface area contributed by atoms with Crippen LogP contribution in [0.5, 0.6) is 0 Å². The second-order valence-corrected chi connectivity index (χ2v) is 7.64. The average molecular weight is 415 g/mol. The van der Waals surface area contributed by atoms with Crippen molar-refractivity contribution in [3.05, 3.63) is 65.9 Å². The zero-order chi connectivity index (χ0) is 21.9. The zero-order valence-corrected chi connectivity index (χ0v) is 17.1. The van der Waals surface area contributed by atoms with Gasteiger partial charge in [-0.25, -0.2) is 0 Å². The van der Waals surface area contributed by atoms with Crippen LogP contribution in [0.4, 0.5) is 13.2 Å². The third-order valence-corrected chi connectivity index (χ3v) is 4.88. The highest BCUT2D eigenvalue weighted by Crippen LogP contribution is 2.32. The van der Waals surface area contributed by atoms with Gasteiger partial charge < -0.3 is 10.2 Å². The summed E-state index contributed by atoms with van der Waals surface area (Å²) in [5.74, 6) is -0.199. The van der Waals surface area contributed by atoms with Crippen molar-refractivity contribution in [2.45, 2.75) is 25.6 Å². The number of hydrogen-bond acceptors (Lipinski definition) is 3. The molecule has 0 bridgehead atoms. The number of aromatic nitrogens is 1. The monoisotopic (exact) mass is 415 g/mol. The van der Waals surface area contributed by atoms with Crippen LogP contribution in [0.2, 0.25) is 0 Å². The van der Waals surface area contributed by atoms with E-state index in [1.807, 2.05) is 27.1 Å². The van der Waals surface area contributed by atoms with Crippen molar-refractivity contribution < 1.29 is 18.0 Å². The number of fused-ring (bicyclic) bond motifs is 1. The summed E-state index contributed by atoms with van der Waals surface area (Å²) in [7, 11) is 3.96. The van der Waals surface area contributed by atoms with Gasteiger partial charge in [-0.3, -0.25) is 9.78 Å². The number of para-hydroxylation sites is 1. The molecule has 0 saturated heterocycles. The molecule has 1 unspecified atom stereocenters. The normalized spacial score (nSPS) is 12.9. The summed E-state index contributed by atoms with van der Waals surface area (Å²) in [6.07, 6.45) is -2.04. The molecule has 0 aliphatic carbocycles. The van der Waals surface area contributed by atoms with Crippen LogP contribution in [0, 0.1) is 0 Å². The Morgan fingerprint density at radius 1 is 1.13 bits per heavy atom. The first-order chi connectivity index (χ1) is 14.1. The summed E-state index contributed by atoms with van der Waals surface area (Å²) >= 11 is 0. The number of alkyl halides is 3. The second-order valence-electron chi connectivity index (χ2n) is 7.64. The van der Waals surface area contributed by atoms with E-state index < -0.39 is 11.7 Å². The van der Waals surface area contributed by atoms with Gasteiger partial charge in [0.25, 0.3) is 5.91 Å². The molecule has 1 N–H and O–H groups in total. The SMILES string of the molecule is CC(CCN(C)C)NC(=O)c1cnc2c(-c3ccc(C(F)(F)F)cc3)cccc2c1. The molecule has 30 heavy (non-hydrogen) atoms. The summed E-state index contributed by atoms with van der Waals surface area (Å²) < 4.78 is 38.5. The highest BCUT2D eigenvalue weighted by atomic mass is 19.4. The van der Waals surface area contributed by atoms with Gasteiger partial charge in [0.2, 0.25) is 0 Å². The average Bonchev–Trinajstić information content (AvgIpc) is 2.70. The van der Waals surface area contributed by atoms with Crippen LogP contribution in [0.25, 0.3) is 22.0 Å². The predicted molar refractivity (Wildman–Crippen MR) is 112 cm³/mol. The molecular formula is C23H24F3N3O. The Labute approximate surface area is 173 Å². The molecule has 0 aliphatic heterocycles. The first-order valence-electron chi connectivity index (χ1n) is 9.67. The van der Waals surface area contributed by atoms with Gasteiger partial charge in [0.05, 0.1) is 16.6 Å². The molecule has 0 saturated carbocycles. The Kier molecular flexibility index (Phi) is 6.41. The van der Waals surface area contributed by atoms with E-state index in [1.165, 1.54) is 18.3 Å². The molecule has 158 valence electrons. The Bertz CT molecular complexity index is 1030. The lowest BCUT2D eigenvalue weighted by Gasteiger charge is -2.17. The number of nitrogens with one attached hydrogen (secondary N) is 1. The van der Waals surface area contributed by atoms with Gasteiger partial charge in [-0.05, 0) is 57.7 Å². The van der Waals surface area contributed by atoms with Crippen molar-refractivity contribution in [2.24, 2.45) is 0 Å². The van der Waals surface area contributed by atoms with Crippen molar-refractivity contribution in [3.63, 3.8) is 0 Å². The number of carbonyl (C=O) groups excluding carboxylic acids is 1. The molecule has 0 aliphatic rings. The van der Waals surface area contributed by atoms with Gasteiger partial charge in [0, 0.05) is 23.2 Å². The fraction of sp³-hybridized carbons (Fsp3) is 0.304. The lowest BCUT2D eigenvalue weighted by atomic mass is 10.00. The van der Waals surface area contributed by atoms with E-state index in [-0.39, 0.29) is 11.9 Å². The smallest absolute Gasteiger partial charge is 0.349 e. The van der Waals surface area contributed by atoms with Crippen LogP contribution in [-0.4, -0.2) is 42.5 Å². The van der Waals surface area contributed by atoms with Crippen LogP contribution in [0.3, 0.4) is 0 Å². The summed E-state index contributed by atoms with van der Waals surface area (Å²) in [4.78, 5) is 19.1. The molecule has 3 aromatic rings. The fourth-order valence-corrected chi connectivity index (χ4v) is 3.19. The molecular weight excluding hydrogens is 391 g/mol. The van der Waals surface area contributed by atoms with E-state index in [9.17, 15) is 18.0 Å². The maximum Gasteiger partial charge on any atom is 0.416 e. The number of nitrogens with zero attached hydrogens (tertiary/aromatic N) is 2. The molecule has 1 heterocycles. The first kappa shape index (κ1) is 21.8. The number of amides is 1. The summed E-state index contributed by atoms with van der Waals surface area (Å²) in [6, 6.07) is 12.2. The molecule has 0 spiro atoms. The van der Waals surface area contributed by atoms with Gasteiger partial charge in [-0.2, -0.15) is 13.2 Å². The largest absolute Gasteiger partial charge is 0.416 e. The molecule has 7 heteroatoms. The number of halogens is 3. The molecule has 0 radical (unpaired) electrons. The number of hydrogen-bond donors (Lipinski definition) is 1. The molecule has 1 atom stereocenters. The van der Waals surface area contributed by atoms with Gasteiger partial charge in [0.15, 0.2) is 0 Å². The van der Waals surface area contributed by atoms with Crippen LogP contribution in [-0.2, 0) is 6.18 Å². The zero-order valence-electron chi connectivity index (χ0n) is 17.1. The molecule has 4 nitrogen and oxygen atoms in total. The maximum atomic E-state index is 12.8. The van der Waals surface area contributed by atoms with Crippen LogP contribution in [0.1, 0.15) is 29.3 Å². The van der Waals surface area contributed by atoms with E-state index in [0.29, 0.717) is 22.2 Å². The van der Waals surface area contributed by atoms with Gasteiger partial charge >= 0.3 is 6.18 Å². The Morgan fingerprint density at radius 2 is 1.83 bits per heavy atom. The second kappa shape index (κ2) is 8.83. The quantitative estimate of drug-likeness (QED) is 0.617. The summed E-state index contributed by atoms with van der Waals surface area (Å²) in [6.45, 7) is 2.83. The van der Waals surface area contributed by atoms with E-state index in [1.54, 1.807) is 18.2 Å². The van der Waals surface area contributed by atoms with Crippen LogP contribution >= 0.6 is 0 Å². The highest BCUT2D eigenvalue weighted by molar-refractivity contribution is 6.00. The number of carbonyl (C=O) groups is 1. The van der Waals surface area contributed by atoms with Crippen LogP contribution in [0.15, 0.2) is 54.7 Å². The Balaban J connectivity index is 1.84. The van der Waals surface area contributed by atoms with Gasteiger partial charge in [0.1, 0.15) is 0 Å². The minimum absolute atomic E-state index is 0.0223. The number of rotatable bonds is 6. The minimum Gasteiger partial charge on any atom is -0.349 e. The Hall–Kier alpha value is -2.93. The Morgan fingerprint density at radius 3 is 2.47 bits per heavy atom. The number of pyridine rings is 1. The summed E-state index contributed by atoms with van der Waals surface area (Å²) in [5, 5.41) is 3.72. The number of benzene rings is 2. The standard InChI is InChI=1S/C23H24F3N3O/c1-15(11-12-29(2)3)28-22(30)18-13-17-5-4-6-20(21(17)27-14-18)16-7-9-19(10-8-16)23(24,25)26/h4-10,13-15H,11-12H2,1-3H3,(H,28,30). The lowest BCUT2D eigenvalue weighted by Crippen LogP contribution is -2.34. The minimum atomic E-state index is -4.37. The maximum absolute atomic E-state index is 12.8. The predicted octanol–water partition coefficient (Wildman–Crippen LogP) is 4.99. The third kappa shape index (κ3) is 5.16. The molecule has 0 fully saturated rings. The van der Waals surface area contributed by atoms with E-state index in [4.69, 9.17) is 0 Å². The van der Waals surface area contributed by atoms with Crippen molar-refractivity contribution in [1.29, 1.82) is 0 Å². The van der Waals surface area contributed by atoms with Crippen molar-refractivity contribution in [2.75, 3.05) is 20.6 Å². The molecule has 1 amide bonds. The fourth-order valence-electron chi connectivity index (χ4n) is 3.19. The van der Waals surface area contributed by atoms with Gasteiger partial charge in [-0.15, -0.1) is 0 Å². The van der Waals surface area contributed by atoms with E-state index in [2.05, 4.69) is 15.2 Å². The molecule has 1 aromatic heterocycles. The van der Waals surface area contributed by atoms with Crippen LogP contribution < -0.4 is 5.32 Å². The third-order valence-electron chi connectivity index (χ3n) is 4.88. The topological polar surface area (TPSA) is 45.2 Å². The van der Waals surface area contributed by atoms with Gasteiger partial charge in [-0.1, -0.05) is 30.3 Å². The molecule has 3 rings (SSSR count). The highest BCUT2D eigenvalue weighted by Gasteiger charge is 2.30. The molecule has 2 aromatic carbocycles. The summed E-state index contributed by atoms with van der Waals surface area (Å²) in [5.41, 5.74) is 1.74. The van der Waals surface area contributed by atoms with Crippen molar-refractivity contribution in [3.8, 4) is 11.1 Å². The lowest BCUT2D eigenvalue weighted by molar-refractivity contribution is -0.137. The van der Waals surface area contributed by atoms with Crippen molar-refractivity contribution >= 4 is 16.8 Å². The van der Waals surface area contributed by atoms with Crippen molar-refractivity contribution in [1.82, 2.24) is 15.2 Å². The van der Waals surface area contributed by atoms with E-state index in [0.717, 1.165) is 30.5 Å².